The molecule has 1 saturated carbocycles. The van der Waals surface area contributed by atoms with Crippen LogP contribution in [-0.2, 0) is 11.2 Å². The molecule has 0 bridgehead atoms. The van der Waals surface area contributed by atoms with Crippen molar-refractivity contribution in [2.24, 2.45) is 0 Å². The fraction of sp³-hybridized carbons (Fsp3) is 0.348. The van der Waals surface area contributed by atoms with Crippen LogP contribution < -0.4 is 9.64 Å². The molecule has 0 unspecified atom stereocenters. The van der Waals surface area contributed by atoms with E-state index in [-0.39, 0.29) is 11.9 Å². The van der Waals surface area contributed by atoms with Crippen molar-refractivity contribution in [3.8, 4) is 22.8 Å². The third kappa shape index (κ3) is 3.28. The molecule has 0 N–H and O–H groups in total. The van der Waals surface area contributed by atoms with E-state index in [1.807, 2.05) is 46.1 Å². The second kappa shape index (κ2) is 7.03. The lowest BCUT2D eigenvalue weighted by molar-refractivity contribution is -0.117. The van der Waals surface area contributed by atoms with E-state index >= 15 is 0 Å². The summed E-state index contributed by atoms with van der Waals surface area (Å²) in [6.45, 7) is 3.72. The van der Waals surface area contributed by atoms with Gasteiger partial charge in [-0.25, -0.2) is 4.98 Å². The highest BCUT2D eigenvalue weighted by Gasteiger charge is 2.31. The molecule has 1 aliphatic carbocycles. The van der Waals surface area contributed by atoms with E-state index in [4.69, 9.17) is 4.74 Å². The van der Waals surface area contributed by atoms with Gasteiger partial charge in [0, 0.05) is 48.1 Å². The molecule has 6 heteroatoms. The summed E-state index contributed by atoms with van der Waals surface area (Å²) >= 11 is 0. The van der Waals surface area contributed by atoms with E-state index in [2.05, 4.69) is 23.2 Å². The normalized spacial score (nSPS) is 18.4. The number of nitrogens with zero attached hydrogens (tertiary/aromatic N) is 4. The second-order valence-electron chi connectivity index (χ2n) is 7.93. The van der Waals surface area contributed by atoms with Gasteiger partial charge in [-0.1, -0.05) is 6.07 Å². The predicted octanol–water partition coefficient (Wildman–Crippen LogP) is 4.76. The Kier molecular flexibility index (Phi) is 4.34. The highest BCUT2D eigenvalue weighted by Crippen LogP contribution is 2.45. The van der Waals surface area contributed by atoms with Gasteiger partial charge in [0.1, 0.15) is 5.75 Å². The minimum Gasteiger partial charge on any atom is -0.438 e. The van der Waals surface area contributed by atoms with E-state index < -0.39 is 0 Å². The van der Waals surface area contributed by atoms with E-state index in [9.17, 15) is 4.79 Å². The number of ether oxygens (including phenoxy) is 1. The Bertz CT molecular complexity index is 1060. The van der Waals surface area contributed by atoms with Crippen molar-refractivity contribution in [2.75, 3.05) is 4.90 Å². The number of fused-ring (bicyclic) bond motifs is 1. The number of aromatic nitrogens is 3. The van der Waals surface area contributed by atoms with Crippen molar-refractivity contribution in [1.29, 1.82) is 0 Å². The fourth-order valence-corrected chi connectivity index (χ4v) is 4.16. The fourth-order valence-electron chi connectivity index (χ4n) is 4.16. The molecule has 148 valence electrons. The van der Waals surface area contributed by atoms with Crippen LogP contribution in [0.25, 0.3) is 11.1 Å². The topological polar surface area (TPSA) is 60.2 Å². The zero-order valence-corrected chi connectivity index (χ0v) is 16.7. The van der Waals surface area contributed by atoms with Crippen LogP contribution in [0.5, 0.6) is 11.6 Å². The summed E-state index contributed by atoms with van der Waals surface area (Å²) in [5, 5.41) is 4.55. The van der Waals surface area contributed by atoms with Gasteiger partial charge in [0.15, 0.2) is 0 Å². The van der Waals surface area contributed by atoms with Gasteiger partial charge < -0.3 is 9.64 Å². The molecule has 0 radical (unpaired) electrons. The molecule has 5 rings (SSSR count). The van der Waals surface area contributed by atoms with Gasteiger partial charge in [0.25, 0.3) is 0 Å². The number of hydrogen-bond acceptors (Lipinski definition) is 4. The van der Waals surface area contributed by atoms with Crippen molar-refractivity contribution >= 4 is 11.6 Å². The van der Waals surface area contributed by atoms with Gasteiger partial charge in [-0.3, -0.25) is 9.48 Å². The molecule has 1 aliphatic heterocycles. The van der Waals surface area contributed by atoms with E-state index in [1.54, 1.807) is 13.1 Å². The largest absolute Gasteiger partial charge is 0.438 e. The number of carbonyl (C=O) groups is 1. The third-order valence-corrected chi connectivity index (χ3v) is 5.77. The first-order valence-electron chi connectivity index (χ1n) is 10.2. The Morgan fingerprint density at radius 1 is 1.17 bits per heavy atom. The molecule has 2 aromatic heterocycles. The van der Waals surface area contributed by atoms with Crippen LogP contribution in [0.4, 0.5) is 5.69 Å². The van der Waals surface area contributed by atoms with Gasteiger partial charge in [0.05, 0.1) is 17.9 Å². The number of hydrogen-bond donors (Lipinski definition) is 0. The van der Waals surface area contributed by atoms with Crippen LogP contribution >= 0.6 is 0 Å². The quantitative estimate of drug-likeness (QED) is 0.646. The Labute approximate surface area is 170 Å². The maximum absolute atomic E-state index is 12.3. The van der Waals surface area contributed by atoms with Crippen molar-refractivity contribution in [3.63, 3.8) is 0 Å². The molecule has 3 aromatic rings. The smallest absolute Gasteiger partial charge is 0.224 e. The highest BCUT2D eigenvalue weighted by atomic mass is 16.5. The molecule has 0 saturated heterocycles. The molecule has 0 spiro atoms. The summed E-state index contributed by atoms with van der Waals surface area (Å²) in [6, 6.07) is 10.4. The van der Waals surface area contributed by atoms with Crippen molar-refractivity contribution in [2.45, 2.75) is 51.6 Å². The van der Waals surface area contributed by atoms with Crippen LogP contribution in [0, 0.1) is 0 Å². The maximum Gasteiger partial charge on any atom is 0.224 e. The minimum atomic E-state index is 0.0524. The number of benzene rings is 1. The summed E-state index contributed by atoms with van der Waals surface area (Å²) in [4.78, 5) is 18.6. The summed E-state index contributed by atoms with van der Waals surface area (Å²) in [5.41, 5.74) is 4.00. The summed E-state index contributed by atoms with van der Waals surface area (Å²) in [5.74, 6) is 1.37. The number of anilines is 1. The Morgan fingerprint density at radius 2 is 2.03 bits per heavy atom. The summed E-state index contributed by atoms with van der Waals surface area (Å²) in [7, 11) is 0. The third-order valence-electron chi connectivity index (χ3n) is 5.77. The van der Waals surface area contributed by atoms with Gasteiger partial charge in [-0.15, -0.1) is 0 Å². The van der Waals surface area contributed by atoms with E-state index in [0.717, 1.165) is 41.0 Å². The first-order valence-corrected chi connectivity index (χ1v) is 10.2. The Morgan fingerprint density at radius 3 is 2.76 bits per heavy atom. The van der Waals surface area contributed by atoms with Crippen molar-refractivity contribution in [3.05, 3.63) is 54.5 Å². The first-order chi connectivity index (χ1) is 14.1. The lowest BCUT2D eigenvalue weighted by atomic mass is 9.92. The van der Waals surface area contributed by atoms with Gasteiger partial charge in [-0.05, 0) is 50.8 Å². The summed E-state index contributed by atoms with van der Waals surface area (Å²) < 4.78 is 8.37. The number of rotatable bonds is 4. The standard InChI is InChI=1S/C23H24N4O2/c1-15-6-9-20-21(27(15)16(2)28)11-10-19(17-13-25-26(14-17)18-7-8-18)23(20)29-22-5-3-4-12-24-22/h3-5,10-15,18H,6-9H2,1-2H3/t15-/m0/s1. The minimum absolute atomic E-state index is 0.0524. The van der Waals surface area contributed by atoms with E-state index in [1.165, 1.54) is 12.8 Å². The number of carbonyl (C=O) groups excluding carboxylic acids is 1. The first kappa shape index (κ1) is 17.9. The summed E-state index contributed by atoms with van der Waals surface area (Å²) in [6.07, 6.45) is 9.85. The molecular formula is C23H24N4O2. The molecule has 6 nitrogen and oxygen atoms in total. The van der Waals surface area contributed by atoms with Gasteiger partial charge >= 0.3 is 0 Å². The van der Waals surface area contributed by atoms with Gasteiger partial charge in [-0.2, -0.15) is 5.10 Å². The average molecular weight is 388 g/mol. The predicted molar refractivity (Wildman–Crippen MR) is 111 cm³/mol. The van der Waals surface area contributed by atoms with Crippen LogP contribution in [0.2, 0.25) is 0 Å². The lowest BCUT2D eigenvalue weighted by Crippen LogP contribution is -2.40. The zero-order chi connectivity index (χ0) is 20.0. The molecule has 1 fully saturated rings. The maximum atomic E-state index is 12.3. The monoisotopic (exact) mass is 388 g/mol. The van der Waals surface area contributed by atoms with Crippen LogP contribution in [0.15, 0.2) is 48.9 Å². The second-order valence-corrected chi connectivity index (χ2v) is 7.93. The SMILES string of the molecule is CC(=O)N1c2ccc(-c3cnn(C4CC4)c3)c(Oc3ccccn3)c2CC[C@@H]1C. The molecule has 1 amide bonds. The number of pyridine rings is 1. The molecule has 2 aliphatic rings. The zero-order valence-electron chi connectivity index (χ0n) is 16.7. The molecule has 3 heterocycles. The highest BCUT2D eigenvalue weighted by molar-refractivity contribution is 5.95. The molecular weight excluding hydrogens is 364 g/mol. The van der Waals surface area contributed by atoms with Crippen molar-refractivity contribution < 1.29 is 9.53 Å². The van der Waals surface area contributed by atoms with Gasteiger partial charge in [0.2, 0.25) is 11.8 Å². The molecule has 29 heavy (non-hydrogen) atoms. The lowest BCUT2D eigenvalue weighted by Gasteiger charge is -2.35. The molecule has 1 atom stereocenters. The van der Waals surface area contributed by atoms with Crippen LogP contribution in [0.1, 0.15) is 44.7 Å². The average Bonchev–Trinajstić information content (AvgIpc) is 3.46. The Balaban J connectivity index is 1.65. The van der Waals surface area contributed by atoms with E-state index in [0.29, 0.717) is 11.9 Å². The van der Waals surface area contributed by atoms with Crippen LogP contribution in [0.3, 0.4) is 0 Å². The number of amides is 1. The Hall–Kier alpha value is -3.15. The van der Waals surface area contributed by atoms with Crippen molar-refractivity contribution in [1.82, 2.24) is 14.8 Å². The van der Waals surface area contributed by atoms with Crippen LogP contribution in [-0.4, -0.2) is 26.7 Å². The molecule has 1 aromatic carbocycles.